The van der Waals surface area contributed by atoms with Crippen molar-refractivity contribution in [3.8, 4) is 0 Å². The molecule has 1 aromatic heterocycles. The molecule has 0 N–H and O–H groups in total. The highest BCUT2D eigenvalue weighted by Gasteiger charge is 2.10. The highest BCUT2D eigenvalue weighted by Crippen LogP contribution is 2.05. The van der Waals surface area contributed by atoms with Crippen molar-refractivity contribution < 1.29 is 4.74 Å². The molecule has 84 valence electrons. The Hall–Kier alpha value is -0.870. The van der Waals surface area contributed by atoms with Crippen LogP contribution >= 0.6 is 0 Å². The number of hydrogen-bond donors (Lipinski definition) is 0. The fraction of sp³-hybridized carbons (Fsp3) is 0.727. The molecule has 1 fully saturated rings. The number of imidazole rings is 1. The average Bonchev–Trinajstić information content (AvgIpc) is 2.59. The van der Waals surface area contributed by atoms with E-state index in [0.717, 1.165) is 45.1 Å². The zero-order valence-corrected chi connectivity index (χ0v) is 9.57. The maximum Gasteiger partial charge on any atom is 0.0951 e. The van der Waals surface area contributed by atoms with Gasteiger partial charge in [-0.3, -0.25) is 4.90 Å². The number of rotatable bonds is 3. The van der Waals surface area contributed by atoms with Gasteiger partial charge in [-0.2, -0.15) is 0 Å². The summed E-state index contributed by atoms with van der Waals surface area (Å²) in [5.74, 6) is 0. The van der Waals surface area contributed by atoms with Crippen LogP contribution in [-0.2, 0) is 11.3 Å². The number of aryl methyl sites for hydroxylation is 1. The van der Waals surface area contributed by atoms with E-state index in [1.165, 1.54) is 5.69 Å². The highest BCUT2D eigenvalue weighted by atomic mass is 16.5. The molecule has 15 heavy (non-hydrogen) atoms. The lowest BCUT2D eigenvalue weighted by Crippen LogP contribution is -2.38. The molecule has 4 nitrogen and oxygen atoms in total. The van der Waals surface area contributed by atoms with Crippen molar-refractivity contribution in [1.82, 2.24) is 14.5 Å². The Morgan fingerprint density at radius 2 is 2.00 bits per heavy atom. The van der Waals surface area contributed by atoms with Crippen molar-refractivity contribution in [3.63, 3.8) is 0 Å². The Morgan fingerprint density at radius 1 is 1.27 bits per heavy atom. The second-order valence-electron chi connectivity index (χ2n) is 4.06. The Kier molecular flexibility index (Phi) is 3.38. The van der Waals surface area contributed by atoms with E-state index in [2.05, 4.69) is 28.3 Å². The largest absolute Gasteiger partial charge is 0.379 e. The van der Waals surface area contributed by atoms with Crippen LogP contribution in [0.1, 0.15) is 11.4 Å². The third kappa shape index (κ3) is 2.58. The molecule has 0 radical (unpaired) electrons. The number of ether oxygens (including phenoxy) is 1. The van der Waals surface area contributed by atoms with Crippen molar-refractivity contribution in [1.29, 1.82) is 0 Å². The van der Waals surface area contributed by atoms with Crippen LogP contribution in [0.3, 0.4) is 0 Å². The molecule has 0 spiro atoms. The number of hydrogen-bond acceptors (Lipinski definition) is 3. The fourth-order valence-corrected chi connectivity index (χ4v) is 1.84. The van der Waals surface area contributed by atoms with Crippen LogP contribution in [0.15, 0.2) is 6.33 Å². The Balaban J connectivity index is 1.84. The number of nitrogens with zero attached hydrogens (tertiary/aromatic N) is 3. The van der Waals surface area contributed by atoms with Crippen molar-refractivity contribution in [2.24, 2.45) is 0 Å². The molecule has 2 rings (SSSR count). The van der Waals surface area contributed by atoms with E-state index in [9.17, 15) is 0 Å². The third-order valence-electron chi connectivity index (χ3n) is 3.11. The van der Waals surface area contributed by atoms with Gasteiger partial charge in [-0.25, -0.2) is 4.98 Å². The van der Waals surface area contributed by atoms with E-state index in [1.807, 2.05) is 6.33 Å². The van der Waals surface area contributed by atoms with E-state index in [-0.39, 0.29) is 0 Å². The van der Waals surface area contributed by atoms with Crippen LogP contribution in [0.2, 0.25) is 0 Å². The highest BCUT2D eigenvalue weighted by molar-refractivity contribution is 5.08. The summed E-state index contributed by atoms with van der Waals surface area (Å²) in [5, 5.41) is 0. The van der Waals surface area contributed by atoms with Gasteiger partial charge in [0.15, 0.2) is 0 Å². The van der Waals surface area contributed by atoms with Gasteiger partial charge in [-0.1, -0.05) is 0 Å². The zero-order chi connectivity index (χ0) is 10.7. The van der Waals surface area contributed by atoms with Gasteiger partial charge in [0.2, 0.25) is 0 Å². The molecule has 4 heteroatoms. The summed E-state index contributed by atoms with van der Waals surface area (Å²) in [6, 6.07) is 0. The summed E-state index contributed by atoms with van der Waals surface area (Å²) < 4.78 is 7.55. The first-order chi connectivity index (χ1) is 7.27. The normalized spacial score (nSPS) is 18.3. The van der Waals surface area contributed by atoms with Gasteiger partial charge in [0.25, 0.3) is 0 Å². The van der Waals surface area contributed by atoms with Gasteiger partial charge in [-0.15, -0.1) is 0 Å². The molecule has 1 saturated heterocycles. The molecular weight excluding hydrogens is 190 g/mol. The monoisotopic (exact) mass is 209 g/mol. The van der Waals surface area contributed by atoms with Crippen molar-refractivity contribution in [2.75, 3.05) is 32.8 Å². The minimum absolute atomic E-state index is 0.877. The van der Waals surface area contributed by atoms with E-state index in [0.29, 0.717) is 0 Å². The van der Waals surface area contributed by atoms with Gasteiger partial charge in [0.1, 0.15) is 0 Å². The van der Waals surface area contributed by atoms with Crippen LogP contribution in [0.4, 0.5) is 0 Å². The lowest BCUT2D eigenvalue weighted by atomic mass is 10.3. The van der Waals surface area contributed by atoms with E-state index >= 15 is 0 Å². The van der Waals surface area contributed by atoms with Crippen molar-refractivity contribution in [2.45, 2.75) is 20.4 Å². The predicted octanol–water partition coefficient (Wildman–Crippen LogP) is 0.832. The molecule has 0 aromatic carbocycles. The molecule has 0 saturated carbocycles. The summed E-state index contributed by atoms with van der Waals surface area (Å²) in [6.07, 6.45) is 1.94. The third-order valence-corrected chi connectivity index (χ3v) is 3.11. The van der Waals surface area contributed by atoms with E-state index in [1.54, 1.807) is 0 Å². The minimum atomic E-state index is 0.877. The zero-order valence-electron chi connectivity index (χ0n) is 9.57. The van der Waals surface area contributed by atoms with Gasteiger partial charge in [-0.05, 0) is 13.8 Å². The van der Waals surface area contributed by atoms with Crippen LogP contribution in [0, 0.1) is 13.8 Å². The SMILES string of the molecule is Cc1ncn(CCN2CCOCC2)c1C. The molecule has 0 amide bonds. The molecule has 0 aliphatic carbocycles. The Bertz CT molecular complexity index is 316. The fourth-order valence-electron chi connectivity index (χ4n) is 1.84. The number of aromatic nitrogens is 2. The van der Waals surface area contributed by atoms with E-state index < -0.39 is 0 Å². The standard InChI is InChI=1S/C11H19N3O/c1-10-11(2)14(9-12-10)4-3-13-5-7-15-8-6-13/h9H,3-8H2,1-2H3. The van der Waals surface area contributed by atoms with Crippen molar-refractivity contribution >= 4 is 0 Å². The summed E-state index contributed by atoms with van der Waals surface area (Å²) in [6.45, 7) is 10.2. The lowest BCUT2D eigenvalue weighted by molar-refractivity contribution is 0.0363. The molecule has 0 atom stereocenters. The van der Waals surface area contributed by atoms with Crippen LogP contribution in [-0.4, -0.2) is 47.3 Å². The Labute approximate surface area is 90.9 Å². The number of morpholine rings is 1. The maximum atomic E-state index is 5.32. The second-order valence-corrected chi connectivity index (χ2v) is 4.06. The van der Waals surface area contributed by atoms with Crippen LogP contribution in [0.5, 0.6) is 0 Å². The minimum Gasteiger partial charge on any atom is -0.379 e. The van der Waals surface area contributed by atoms with Crippen LogP contribution < -0.4 is 0 Å². The van der Waals surface area contributed by atoms with Crippen LogP contribution in [0.25, 0.3) is 0 Å². The first-order valence-corrected chi connectivity index (χ1v) is 5.56. The predicted molar refractivity (Wildman–Crippen MR) is 59.0 cm³/mol. The van der Waals surface area contributed by atoms with Gasteiger partial charge < -0.3 is 9.30 Å². The molecule has 2 heterocycles. The molecule has 1 aliphatic heterocycles. The summed E-state index contributed by atoms with van der Waals surface area (Å²) in [4.78, 5) is 6.74. The molecule has 0 unspecified atom stereocenters. The molecular formula is C11H19N3O. The van der Waals surface area contributed by atoms with Gasteiger partial charge in [0.05, 0.1) is 25.2 Å². The molecule has 0 bridgehead atoms. The lowest BCUT2D eigenvalue weighted by Gasteiger charge is -2.26. The van der Waals surface area contributed by atoms with Gasteiger partial charge in [0, 0.05) is 31.9 Å². The average molecular weight is 209 g/mol. The first kappa shape index (κ1) is 10.6. The smallest absolute Gasteiger partial charge is 0.0951 e. The molecule has 1 aromatic rings. The molecule has 1 aliphatic rings. The summed E-state index contributed by atoms with van der Waals surface area (Å²) >= 11 is 0. The first-order valence-electron chi connectivity index (χ1n) is 5.56. The Morgan fingerprint density at radius 3 is 2.60 bits per heavy atom. The summed E-state index contributed by atoms with van der Waals surface area (Å²) in [5.41, 5.74) is 2.42. The quantitative estimate of drug-likeness (QED) is 0.738. The van der Waals surface area contributed by atoms with E-state index in [4.69, 9.17) is 4.74 Å². The van der Waals surface area contributed by atoms with Gasteiger partial charge >= 0.3 is 0 Å². The topological polar surface area (TPSA) is 30.3 Å². The second kappa shape index (κ2) is 4.77. The maximum absolute atomic E-state index is 5.32. The summed E-state index contributed by atoms with van der Waals surface area (Å²) in [7, 11) is 0. The van der Waals surface area contributed by atoms with Crippen molar-refractivity contribution in [3.05, 3.63) is 17.7 Å².